The Morgan fingerprint density at radius 3 is 1.29 bits per heavy atom. The van der Waals surface area contributed by atoms with Gasteiger partial charge in [-0.15, -0.1) is 0 Å². The van der Waals surface area contributed by atoms with Crippen molar-refractivity contribution in [3.63, 3.8) is 0 Å². The molecule has 0 aromatic carbocycles. The number of hydrogen-bond donors (Lipinski definition) is 2. The zero-order chi connectivity index (χ0) is 11.1. The molecule has 2 aliphatic rings. The lowest BCUT2D eigenvalue weighted by Crippen LogP contribution is -2.40. The Balaban J connectivity index is 0.00000144. The number of nitrogens with one attached hydrogen (secondary N) is 2. The van der Waals surface area contributed by atoms with Gasteiger partial charge >= 0.3 is 0 Å². The molecule has 2 saturated carbocycles. The zero-order valence-corrected chi connectivity index (χ0v) is 11.1. The Morgan fingerprint density at radius 1 is 0.588 bits per heavy atom. The average Bonchev–Trinajstić information content (AvgIpc) is 2.37. The lowest BCUT2D eigenvalue weighted by atomic mass is 9.95. The highest BCUT2D eigenvalue weighted by atomic mass is 16.0. The van der Waals surface area contributed by atoms with Crippen molar-refractivity contribution in [2.45, 2.75) is 76.3 Å². The topological polar surface area (TPSA) is 55.6 Å². The zero-order valence-electron chi connectivity index (χ0n) is 11.1. The summed E-state index contributed by atoms with van der Waals surface area (Å²) in [6.45, 7) is 2.34. The highest BCUT2D eigenvalue weighted by molar-refractivity contribution is 4.74. The van der Waals surface area contributed by atoms with Crippen LogP contribution in [0.1, 0.15) is 64.2 Å². The predicted octanol–water partition coefficient (Wildman–Crippen LogP) is 2.01. The van der Waals surface area contributed by atoms with Gasteiger partial charge in [0.1, 0.15) is 0 Å². The molecule has 0 aromatic rings. The summed E-state index contributed by atoms with van der Waals surface area (Å²) < 4.78 is 0. The van der Waals surface area contributed by atoms with Gasteiger partial charge in [-0.25, -0.2) is 0 Å². The second-order valence-corrected chi connectivity index (χ2v) is 5.58. The molecule has 2 fully saturated rings. The van der Waals surface area contributed by atoms with Crippen molar-refractivity contribution in [3.05, 3.63) is 0 Å². The molecule has 17 heavy (non-hydrogen) atoms. The third-order valence-electron chi connectivity index (χ3n) is 4.20. The van der Waals surface area contributed by atoms with E-state index in [2.05, 4.69) is 10.6 Å². The van der Waals surface area contributed by atoms with Crippen LogP contribution in [-0.2, 0) is 0 Å². The fourth-order valence-corrected chi connectivity index (χ4v) is 3.17. The monoisotopic (exact) mass is 242 g/mol. The van der Waals surface area contributed by atoms with E-state index in [9.17, 15) is 0 Å². The van der Waals surface area contributed by atoms with Crippen molar-refractivity contribution in [2.75, 3.05) is 13.1 Å². The van der Waals surface area contributed by atoms with Gasteiger partial charge in [-0.1, -0.05) is 38.5 Å². The van der Waals surface area contributed by atoms with Gasteiger partial charge in [0.05, 0.1) is 0 Å². The van der Waals surface area contributed by atoms with Crippen LogP contribution in [0.25, 0.3) is 0 Å². The van der Waals surface area contributed by atoms with E-state index >= 15 is 0 Å². The molecule has 3 heteroatoms. The Kier molecular flexibility index (Phi) is 7.82. The number of hydrogen-bond acceptors (Lipinski definition) is 2. The molecule has 0 saturated heterocycles. The van der Waals surface area contributed by atoms with Gasteiger partial charge in [-0.2, -0.15) is 0 Å². The molecular formula is C14H30N2O. The first-order valence-electron chi connectivity index (χ1n) is 7.42. The second kappa shape index (κ2) is 8.90. The van der Waals surface area contributed by atoms with Gasteiger partial charge in [0, 0.05) is 25.2 Å². The van der Waals surface area contributed by atoms with Crippen LogP contribution < -0.4 is 10.6 Å². The maximum atomic E-state index is 3.70. The molecule has 0 spiro atoms. The van der Waals surface area contributed by atoms with Crippen LogP contribution in [0.2, 0.25) is 0 Å². The van der Waals surface area contributed by atoms with Crippen molar-refractivity contribution in [3.8, 4) is 0 Å². The van der Waals surface area contributed by atoms with Gasteiger partial charge in [-0.3, -0.25) is 0 Å². The quantitative estimate of drug-likeness (QED) is 0.725. The third kappa shape index (κ3) is 5.84. The molecular weight excluding hydrogens is 212 g/mol. The molecule has 2 aliphatic carbocycles. The minimum Gasteiger partial charge on any atom is -0.412 e. The van der Waals surface area contributed by atoms with Gasteiger partial charge < -0.3 is 16.1 Å². The lowest BCUT2D eigenvalue weighted by Gasteiger charge is -2.25. The molecule has 0 heterocycles. The van der Waals surface area contributed by atoms with Crippen LogP contribution in [0.3, 0.4) is 0 Å². The fourth-order valence-electron chi connectivity index (χ4n) is 3.17. The van der Waals surface area contributed by atoms with Crippen LogP contribution in [0, 0.1) is 0 Å². The molecule has 102 valence electrons. The van der Waals surface area contributed by atoms with Crippen molar-refractivity contribution in [1.82, 2.24) is 10.6 Å². The molecule has 0 bridgehead atoms. The van der Waals surface area contributed by atoms with E-state index < -0.39 is 0 Å². The highest BCUT2D eigenvalue weighted by Gasteiger charge is 2.14. The standard InChI is InChI=1S/C14H28N2.H2O/c1-3-7-13(8-4-1)15-11-12-16-14-9-5-2-6-10-14;/h13-16H,1-12H2;1H2. The SMILES string of the molecule is C1CCC(NCCNC2CCCCC2)CC1.O. The number of rotatable bonds is 5. The smallest absolute Gasteiger partial charge is 0.00794 e. The van der Waals surface area contributed by atoms with Gasteiger partial charge in [0.15, 0.2) is 0 Å². The minimum absolute atomic E-state index is 0. The Bertz CT molecular complexity index is 155. The Hall–Kier alpha value is -0.120. The van der Waals surface area contributed by atoms with Crippen LogP contribution in [-0.4, -0.2) is 30.6 Å². The summed E-state index contributed by atoms with van der Waals surface area (Å²) in [4.78, 5) is 0. The molecule has 3 nitrogen and oxygen atoms in total. The van der Waals surface area contributed by atoms with Crippen molar-refractivity contribution < 1.29 is 5.48 Å². The summed E-state index contributed by atoms with van der Waals surface area (Å²) in [5.41, 5.74) is 0. The largest absolute Gasteiger partial charge is 0.412 e. The molecule has 0 aromatic heterocycles. The van der Waals surface area contributed by atoms with E-state index in [0.29, 0.717) is 0 Å². The summed E-state index contributed by atoms with van der Waals surface area (Å²) in [6.07, 6.45) is 14.3. The summed E-state index contributed by atoms with van der Waals surface area (Å²) in [5, 5.41) is 7.40. The minimum atomic E-state index is 0. The maximum absolute atomic E-state index is 3.70. The summed E-state index contributed by atoms with van der Waals surface area (Å²) >= 11 is 0. The van der Waals surface area contributed by atoms with E-state index in [4.69, 9.17) is 0 Å². The first-order valence-corrected chi connectivity index (χ1v) is 7.42. The first-order chi connectivity index (χ1) is 7.95. The van der Waals surface area contributed by atoms with Crippen LogP contribution in [0.4, 0.5) is 0 Å². The fraction of sp³-hybridized carbons (Fsp3) is 1.00. The van der Waals surface area contributed by atoms with Crippen LogP contribution in [0.15, 0.2) is 0 Å². The van der Waals surface area contributed by atoms with Crippen LogP contribution in [0.5, 0.6) is 0 Å². The second-order valence-electron chi connectivity index (χ2n) is 5.58. The Labute approximate surface area is 106 Å². The molecule has 0 unspecified atom stereocenters. The molecule has 4 N–H and O–H groups in total. The van der Waals surface area contributed by atoms with Gasteiger partial charge in [0.2, 0.25) is 0 Å². The molecule has 0 atom stereocenters. The molecule has 2 rings (SSSR count). The van der Waals surface area contributed by atoms with E-state index in [1.165, 1.54) is 77.3 Å². The summed E-state index contributed by atoms with van der Waals surface area (Å²) in [6, 6.07) is 1.64. The average molecular weight is 242 g/mol. The van der Waals surface area contributed by atoms with E-state index in [-0.39, 0.29) is 5.48 Å². The predicted molar refractivity (Wildman–Crippen MR) is 73.4 cm³/mol. The normalized spacial score (nSPS) is 23.3. The van der Waals surface area contributed by atoms with Gasteiger partial charge in [0.25, 0.3) is 0 Å². The highest BCUT2D eigenvalue weighted by Crippen LogP contribution is 2.18. The van der Waals surface area contributed by atoms with Crippen LogP contribution >= 0.6 is 0 Å². The van der Waals surface area contributed by atoms with E-state index in [1.807, 2.05) is 0 Å². The maximum Gasteiger partial charge on any atom is 0.00794 e. The van der Waals surface area contributed by atoms with Gasteiger partial charge in [-0.05, 0) is 25.7 Å². The van der Waals surface area contributed by atoms with E-state index in [0.717, 1.165) is 12.1 Å². The first kappa shape index (κ1) is 14.9. The van der Waals surface area contributed by atoms with Crippen molar-refractivity contribution in [2.24, 2.45) is 0 Å². The van der Waals surface area contributed by atoms with E-state index in [1.54, 1.807) is 0 Å². The van der Waals surface area contributed by atoms with Crippen molar-refractivity contribution >= 4 is 0 Å². The lowest BCUT2D eigenvalue weighted by molar-refractivity contribution is 0.347. The van der Waals surface area contributed by atoms with Crippen molar-refractivity contribution in [1.29, 1.82) is 0 Å². The Morgan fingerprint density at radius 2 is 0.941 bits per heavy atom. The molecule has 0 amide bonds. The summed E-state index contributed by atoms with van der Waals surface area (Å²) in [5.74, 6) is 0. The third-order valence-corrected chi connectivity index (χ3v) is 4.20. The molecule has 0 radical (unpaired) electrons. The molecule has 0 aliphatic heterocycles. The summed E-state index contributed by atoms with van der Waals surface area (Å²) in [7, 11) is 0.